The predicted octanol–water partition coefficient (Wildman–Crippen LogP) is 3.14. The molecule has 0 aromatic heterocycles. The summed E-state index contributed by atoms with van der Waals surface area (Å²) in [5.74, 6) is -1.54. The minimum Gasteiger partial charge on any atom is -0.456 e. The van der Waals surface area contributed by atoms with Crippen molar-refractivity contribution >= 4 is 23.8 Å². The van der Waals surface area contributed by atoms with Crippen LogP contribution in [0.1, 0.15) is 73.6 Å². The number of aliphatic hydroxyl groups excluding tert-OH is 1. The van der Waals surface area contributed by atoms with Crippen LogP contribution < -0.4 is 0 Å². The molecular formula is C33H53NO11. The lowest BCUT2D eigenvalue weighted by Crippen LogP contribution is -2.60. The number of ketones is 2. The number of aliphatic hydroxyl groups is 1. The Hall–Kier alpha value is -2.32. The van der Waals surface area contributed by atoms with Gasteiger partial charge in [-0.1, -0.05) is 25.2 Å². The minimum absolute atomic E-state index is 0.0262. The molecule has 0 radical (unpaired) electrons. The van der Waals surface area contributed by atoms with Crippen LogP contribution in [0.25, 0.3) is 0 Å². The lowest BCUT2D eigenvalue weighted by molar-refractivity contribution is -0.382. The summed E-state index contributed by atoms with van der Waals surface area (Å²) in [6.07, 6.45) is 2.55. The summed E-state index contributed by atoms with van der Waals surface area (Å²) in [4.78, 5) is 62.8. The van der Waals surface area contributed by atoms with E-state index in [4.69, 9.17) is 28.7 Å². The number of carbonyl (C=O) groups excluding carboxylic acids is 4. The highest BCUT2D eigenvalue weighted by atomic mass is 17.2. The topological polar surface area (TPSA) is 147 Å². The summed E-state index contributed by atoms with van der Waals surface area (Å²) in [5.41, 5.74) is -1.06. The maximum Gasteiger partial charge on any atom is 0.303 e. The van der Waals surface area contributed by atoms with Crippen LogP contribution in [0.3, 0.4) is 0 Å². The van der Waals surface area contributed by atoms with Crippen LogP contribution in [0.2, 0.25) is 0 Å². The Bertz CT molecular complexity index is 1040. The molecule has 1 N–H and O–H groups in total. The standard InChI is InChI=1S/C33H53NO11/c1-20-17-25(15-16-35)28(18-26(38)13-11-10-12-14-27(20)39)45-44-22(3)31(30(21(2)36)34(7)8)42-29-19-33(6,43-24(5)37)32(40-9)23(4)41-29/h10-12,14,16,20-23,25,28-32,36H,13,15,17-19H2,1-9H3. The SMILES string of the molecule is COC1C(C)OC(OC(C(C)OOC2CC(=O)CC=CC=CC(=O)C(C)CC2CC=O)C(C(C)O)N(C)C)CC1(C)OC(C)=O. The van der Waals surface area contributed by atoms with Gasteiger partial charge >= 0.3 is 5.97 Å². The van der Waals surface area contributed by atoms with Gasteiger partial charge in [0.15, 0.2) is 12.1 Å². The first kappa shape index (κ1) is 38.9. The molecule has 1 aliphatic carbocycles. The van der Waals surface area contributed by atoms with Gasteiger partial charge in [-0.3, -0.25) is 14.4 Å². The number of hydrogen-bond donors (Lipinski definition) is 1. The van der Waals surface area contributed by atoms with Crippen molar-refractivity contribution in [2.24, 2.45) is 11.8 Å². The molecule has 12 heteroatoms. The zero-order valence-corrected chi connectivity index (χ0v) is 28.2. The summed E-state index contributed by atoms with van der Waals surface area (Å²) < 4.78 is 24.0. The molecule has 2 aliphatic rings. The lowest BCUT2D eigenvalue weighted by atomic mass is 9.84. The number of ether oxygens (including phenoxy) is 4. The molecule has 2 rings (SSSR count). The van der Waals surface area contributed by atoms with E-state index in [1.54, 1.807) is 71.8 Å². The summed E-state index contributed by atoms with van der Waals surface area (Å²) in [6.45, 7) is 10.0. The van der Waals surface area contributed by atoms with Crippen molar-refractivity contribution in [1.29, 1.82) is 0 Å². The molecule has 0 amide bonds. The summed E-state index contributed by atoms with van der Waals surface area (Å²) in [7, 11) is 5.11. The van der Waals surface area contributed by atoms with E-state index in [1.165, 1.54) is 20.1 Å². The maximum absolute atomic E-state index is 12.9. The highest BCUT2D eigenvalue weighted by Gasteiger charge is 2.50. The van der Waals surface area contributed by atoms with Crippen molar-refractivity contribution < 1.29 is 53.0 Å². The van der Waals surface area contributed by atoms with Crippen LogP contribution >= 0.6 is 0 Å². The smallest absolute Gasteiger partial charge is 0.303 e. The van der Waals surface area contributed by atoms with E-state index in [0.29, 0.717) is 6.42 Å². The third-order valence-electron chi connectivity index (χ3n) is 8.48. The monoisotopic (exact) mass is 639 g/mol. The molecule has 0 bridgehead atoms. The van der Waals surface area contributed by atoms with Crippen LogP contribution in [-0.4, -0.2) is 110 Å². The Balaban J connectivity index is 2.36. The second-order valence-electron chi connectivity index (χ2n) is 12.7. The number of aldehydes is 1. The van der Waals surface area contributed by atoms with E-state index in [0.717, 1.165) is 6.29 Å². The molecule has 11 atom stereocenters. The fraction of sp³-hybridized carbons (Fsp3) is 0.758. The first-order valence-corrected chi connectivity index (χ1v) is 15.7. The second-order valence-corrected chi connectivity index (χ2v) is 12.7. The highest BCUT2D eigenvalue weighted by Crippen LogP contribution is 2.36. The number of nitrogens with zero attached hydrogens (tertiary/aromatic N) is 1. The fourth-order valence-electron chi connectivity index (χ4n) is 6.38. The average Bonchev–Trinajstić information content (AvgIpc) is 2.92. The van der Waals surface area contributed by atoms with Gasteiger partial charge in [0.05, 0.1) is 18.2 Å². The molecule has 0 aromatic rings. The van der Waals surface area contributed by atoms with Gasteiger partial charge in [0.25, 0.3) is 0 Å². The molecule has 1 aliphatic heterocycles. The maximum atomic E-state index is 12.9. The predicted molar refractivity (Wildman–Crippen MR) is 165 cm³/mol. The molecule has 12 nitrogen and oxygen atoms in total. The van der Waals surface area contributed by atoms with Crippen LogP contribution in [0, 0.1) is 11.8 Å². The van der Waals surface area contributed by atoms with Crippen LogP contribution in [0.4, 0.5) is 0 Å². The zero-order valence-electron chi connectivity index (χ0n) is 28.2. The number of esters is 1. The summed E-state index contributed by atoms with van der Waals surface area (Å²) >= 11 is 0. The molecule has 45 heavy (non-hydrogen) atoms. The number of Topliss-reactive ketones (excluding diaryl/α,β-unsaturated/α-hetero) is 1. The molecule has 11 unspecified atom stereocenters. The largest absolute Gasteiger partial charge is 0.456 e. The molecule has 1 saturated heterocycles. The van der Waals surface area contributed by atoms with Gasteiger partial charge in [-0.15, -0.1) is 0 Å². The number of rotatable bonds is 13. The van der Waals surface area contributed by atoms with Crippen LogP contribution in [0.5, 0.6) is 0 Å². The van der Waals surface area contributed by atoms with Crippen molar-refractivity contribution in [3.05, 3.63) is 24.3 Å². The quantitative estimate of drug-likeness (QED) is 0.137. The molecule has 256 valence electrons. The zero-order chi connectivity index (χ0) is 33.9. The first-order valence-electron chi connectivity index (χ1n) is 15.7. The summed E-state index contributed by atoms with van der Waals surface area (Å²) in [6, 6.07) is -0.596. The lowest BCUT2D eigenvalue weighted by Gasteiger charge is -2.47. The van der Waals surface area contributed by atoms with Gasteiger partial charge in [-0.25, -0.2) is 9.78 Å². The third kappa shape index (κ3) is 11.5. The first-order chi connectivity index (χ1) is 21.1. The van der Waals surface area contributed by atoms with Gasteiger partial charge in [-0.05, 0) is 60.2 Å². The number of allylic oxidation sites excluding steroid dienone is 4. The van der Waals surface area contributed by atoms with E-state index in [-0.39, 0.29) is 37.2 Å². The molecule has 0 aromatic carbocycles. The van der Waals surface area contributed by atoms with Crippen molar-refractivity contribution in [2.45, 2.75) is 128 Å². The number of likely N-dealkylation sites (N-methyl/N-ethyl adjacent to an activating group) is 1. The number of hydrogen-bond acceptors (Lipinski definition) is 12. The Kier molecular flexibility index (Phi) is 15.7. The average molecular weight is 640 g/mol. The second kappa shape index (κ2) is 18.1. The molecule has 0 spiro atoms. The van der Waals surface area contributed by atoms with Crippen molar-refractivity contribution in [3.63, 3.8) is 0 Å². The van der Waals surface area contributed by atoms with Gasteiger partial charge < -0.3 is 33.7 Å². The van der Waals surface area contributed by atoms with Gasteiger partial charge in [0, 0.05) is 45.6 Å². The third-order valence-corrected chi connectivity index (χ3v) is 8.48. The van der Waals surface area contributed by atoms with Gasteiger partial charge in [-0.2, -0.15) is 0 Å². The minimum atomic E-state index is -1.06. The number of carbonyl (C=O) groups is 4. The van der Waals surface area contributed by atoms with Gasteiger partial charge in [0.1, 0.15) is 42.1 Å². The highest BCUT2D eigenvalue weighted by molar-refractivity contribution is 5.91. The molecule has 1 fully saturated rings. The van der Waals surface area contributed by atoms with E-state index in [1.807, 2.05) is 0 Å². The Labute approximate surface area is 267 Å². The van der Waals surface area contributed by atoms with Crippen molar-refractivity contribution in [3.8, 4) is 0 Å². The summed E-state index contributed by atoms with van der Waals surface area (Å²) in [5, 5.41) is 10.8. The van der Waals surface area contributed by atoms with Crippen molar-refractivity contribution in [1.82, 2.24) is 4.90 Å². The Morgan fingerprint density at radius 3 is 2.49 bits per heavy atom. The molecule has 1 heterocycles. The van der Waals surface area contributed by atoms with Crippen LogP contribution in [0.15, 0.2) is 24.3 Å². The normalized spacial score (nSPS) is 32.7. The number of methoxy groups -OCH3 is 1. The van der Waals surface area contributed by atoms with E-state index >= 15 is 0 Å². The van der Waals surface area contributed by atoms with Crippen LogP contribution in [-0.2, 0) is 47.9 Å². The molecule has 0 saturated carbocycles. The van der Waals surface area contributed by atoms with E-state index in [9.17, 15) is 24.3 Å². The van der Waals surface area contributed by atoms with Crippen molar-refractivity contribution in [2.75, 3.05) is 21.2 Å². The Morgan fingerprint density at radius 1 is 1.22 bits per heavy atom. The van der Waals surface area contributed by atoms with E-state index in [2.05, 4.69) is 0 Å². The van der Waals surface area contributed by atoms with E-state index < -0.39 is 72.4 Å². The Morgan fingerprint density at radius 2 is 1.91 bits per heavy atom. The van der Waals surface area contributed by atoms with Gasteiger partial charge in [0.2, 0.25) is 0 Å². The fourth-order valence-corrected chi connectivity index (χ4v) is 6.38. The molecular weight excluding hydrogens is 586 g/mol.